The zero-order chi connectivity index (χ0) is 12.8. The molecule has 0 aliphatic heterocycles. The van der Waals surface area contributed by atoms with Crippen LogP contribution < -0.4 is 11.3 Å². The maximum Gasteiger partial charge on any atom is 0.0441 e. The van der Waals surface area contributed by atoms with Crippen LogP contribution in [-0.4, -0.2) is 6.04 Å². The van der Waals surface area contributed by atoms with E-state index in [1.54, 1.807) is 0 Å². The highest BCUT2D eigenvalue weighted by atomic mass is 35.5. The molecule has 0 spiro atoms. The summed E-state index contributed by atoms with van der Waals surface area (Å²) in [5.74, 6) is 6.25. The molecule has 17 heavy (non-hydrogen) atoms. The van der Waals surface area contributed by atoms with Gasteiger partial charge in [0.1, 0.15) is 0 Å². The largest absolute Gasteiger partial charge is 0.271 e. The minimum absolute atomic E-state index is 0.296. The molecule has 96 valence electrons. The van der Waals surface area contributed by atoms with Gasteiger partial charge in [0.25, 0.3) is 0 Å². The van der Waals surface area contributed by atoms with Gasteiger partial charge in [0.05, 0.1) is 0 Å². The van der Waals surface area contributed by atoms with E-state index in [1.807, 2.05) is 6.07 Å². The van der Waals surface area contributed by atoms with Crippen LogP contribution in [0.15, 0.2) is 18.2 Å². The molecule has 0 saturated carbocycles. The smallest absolute Gasteiger partial charge is 0.0441 e. The molecule has 1 aromatic rings. The summed E-state index contributed by atoms with van der Waals surface area (Å²) in [5.41, 5.74) is 5.30. The van der Waals surface area contributed by atoms with Gasteiger partial charge in [-0.05, 0) is 36.5 Å². The molecule has 0 aromatic heterocycles. The Morgan fingerprint density at radius 3 is 2.41 bits per heavy atom. The van der Waals surface area contributed by atoms with Gasteiger partial charge in [-0.1, -0.05) is 50.4 Å². The first-order valence-electron chi connectivity index (χ1n) is 6.33. The van der Waals surface area contributed by atoms with E-state index in [4.69, 9.17) is 17.4 Å². The minimum atomic E-state index is 0.296. The van der Waals surface area contributed by atoms with E-state index in [2.05, 4.69) is 38.3 Å². The number of hydrazine groups is 1. The van der Waals surface area contributed by atoms with Crippen LogP contribution in [0.5, 0.6) is 0 Å². The molecule has 1 aromatic carbocycles. The van der Waals surface area contributed by atoms with Gasteiger partial charge in [-0.25, -0.2) is 0 Å². The first kappa shape index (κ1) is 14.5. The molecule has 0 heterocycles. The summed E-state index contributed by atoms with van der Waals surface area (Å²) < 4.78 is 0. The first-order chi connectivity index (χ1) is 8.12. The van der Waals surface area contributed by atoms with Crippen molar-refractivity contribution in [3.63, 3.8) is 0 Å². The predicted molar refractivity (Wildman–Crippen MR) is 75.1 cm³/mol. The van der Waals surface area contributed by atoms with Crippen molar-refractivity contribution in [3.8, 4) is 0 Å². The minimum Gasteiger partial charge on any atom is -0.271 e. The van der Waals surface area contributed by atoms with Gasteiger partial charge in [-0.2, -0.15) is 0 Å². The Morgan fingerprint density at radius 1 is 1.29 bits per heavy atom. The normalized spacial score (nSPS) is 13.1. The Bertz CT molecular complexity index is 348. The van der Waals surface area contributed by atoms with E-state index in [0.29, 0.717) is 12.0 Å². The first-order valence-corrected chi connectivity index (χ1v) is 6.71. The summed E-state index contributed by atoms with van der Waals surface area (Å²) in [6.07, 6.45) is 3.16. The number of aryl methyl sites for hydroxylation is 1. The molecule has 0 aliphatic rings. The van der Waals surface area contributed by atoms with Crippen molar-refractivity contribution in [2.75, 3.05) is 0 Å². The second-order valence-corrected chi connectivity index (χ2v) is 5.06. The van der Waals surface area contributed by atoms with Gasteiger partial charge in [-0.15, -0.1) is 0 Å². The van der Waals surface area contributed by atoms with Crippen LogP contribution in [0.3, 0.4) is 0 Å². The van der Waals surface area contributed by atoms with Crippen LogP contribution in [0, 0.1) is 12.8 Å². The van der Waals surface area contributed by atoms with Gasteiger partial charge in [0, 0.05) is 11.1 Å². The van der Waals surface area contributed by atoms with Gasteiger partial charge < -0.3 is 0 Å². The van der Waals surface area contributed by atoms with E-state index in [1.165, 1.54) is 11.1 Å². The molecule has 1 rings (SSSR count). The van der Waals surface area contributed by atoms with Gasteiger partial charge in [0.2, 0.25) is 0 Å². The highest BCUT2D eigenvalue weighted by molar-refractivity contribution is 6.31. The summed E-state index contributed by atoms with van der Waals surface area (Å²) >= 11 is 6.25. The SMILES string of the molecule is CCC(CC)C(Cc1ccc(C)cc1Cl)NN. The standard InChI is InChI=1S/C14H23ClN2/c1-4-11(5-2)14(17-16)9-12-7-6-10(3)8-13(12)15/h6-8,11,14,17H,4-5,9,16H2,1-3H3. The highest BCUT2D eigenvalue weighted by Gasteiger charge is 2.18. The maximum absolute atomic E-state index is 6.25. The average Bonchev–Trinajstić information content (AvgIpc) is 2.32. The third-order valence-corrected chi connectivity index (χ3v) is 3.83. The number of hydrogen-bond donors (Lipinski definition) is 2. The maximum atomic E-state index is 6.25. The van der Waals surface area contributed by atoms with Crippen molar-refractivity contribution in [1.29, 1.82) is 0 Å². The Hall–Kier alpha value is -0.570. The molecular formula is C14H23ClN2. The molecule has 1 atom stereocenters. The summed E-state index contributed by atoms with van der Waals surface area (Å²) in [6, 6.07) is 6.51. The molecule has 0 aliphatic carbocycles. The van der Waals surface area contributed by atoms with Crippen LogP contribution in [0.2, 0.25) is 5.02 Å². The van der Waals surface area contributed by atoms with Crippen molar-refractivity contribution in [1.82, 2.24) is 5.43 Å². The summed E-state index contributed by atoms with van der Waals surface area (Å²) in [6.45, 7) is 6.46. The van der Waals surface area contributed by atoms with Crippen molar-refractivity contribution in [2.45, 2.75) is 46.1 Å². The fourth-order valence-electron chi connectivity index (χ4n) is 2.27. The monoisotopic (exact) mass is 254 g/mol. The number of nitrogens with two attached hydrogens (primary N) is 1. The lowest BCUT2D eigenvalue weighted by Crippen LogP contribution is -2.42. The summed E-state index contributed by atoms with van der Waals surface area (Å²) in [7, 11) is 0. The van der Waals surface area contributed by atoms with Gasteiger partial charge >= 0.3 is 0 Å². The van der Waals surface area contributed by atoms with Crippen molar-refractivity contribution in [2.24, 2.45) is 11.8 Å². The lowest BCUT2D eigenvalue weighted by molar-refractivity contribution is 0.335. The lowest BCUT2D eigenvalue weighted by Gasteiger charge is -2.25. The fourth-order valence-corrected chi connectivity index (χ4v) is 2.59. The Kier molecular flexibility index (Phi) is 5.96. The molecule has 0 fully saturated rings. The third-order valence-electron chi connectivity index (χ3n) is 3.48. The van der Waals surface area contributed by atoms with E-state index >= 15 is 0 Å². The second-order valence-electron chi connectivity index (χ2n) is 4.65. The van der Waals surface area contributed by atoms with Crippen molar-refractivity contribution < 1.29 is 0 Å². The van der Waals surface area contributed by atoms with Crippen molar-refractivity contribution >= 4 is 11.6 Å². The summed E-state index contributed by atoms with van der Waals surface area (Å²) in [5, 5.41) is 0.844. The molecule has 0 radical (unpaired) electrons. The zero-order valence-corrected chi connectivity index (χ0v) is 11.7. The topological polar surface area (TPSA) is 38.0 Å². The fraction of sp³-hybridized carbons (Fsp3) is 0.571. The van der Waals surface area contributed by atoms with Crippen LogP contribution in [0.4, 0.5) is 0 Å². The number of rotatable bonds is 6. The third kappa shape index (κ3) is 3.98. The molecule has 3 N–H and O–H groups in total. The van der Waals surface area contributed by atoms with Crippen molar-refractivity contribution in [3.05, 3.63) is 34.3 Å². The zero-order valence-electron chi connectivity index (χ0n) is 11.0. The van der Waals surface area contributed by atoms with Gasteiger partial charge in [0.15, 0.2) is 0 Å². The van der Waals surface area contributed by atoms with Crippen LogP contribution >= 0.6 is 11.6 Å². The number of halogens is 1. The average molecular weight is 255 g/mol. The molecule has 0 saturated heterocycles. The molecule has 3 heteroatoms. The van der Waals surface area contributed by atoms with Gasteiger partial charge in [-0.3, -0.25) is 11.3 Å². The number of hydrogen-bond acceptors (Lipinski definition) is 2. The second kappa shape index (κ2) is 7.00. The molecular weight excluding hydrogens is 232 g/mol. The van der Waals surface area contributed by atoms with Crippen LogP contribution in [0.1, 0.15) is 37.8 Å². The molecule has 1 unspecified atom stereocenters. The van der Waals surface area contributed by atoms with E-state index < -0.39 is 0 Å². The Labute approximate surface area is 110 Å². The predicted octanol–water partition coefficient (Wildman–Crippen LogP) is 3.46. The van der Waals surface area contributed by atoms with E-state index in [0.717, 1.165) is 24.3 Å². The van der Waals surface area contributed by atoms with E-state index in [9.17, 15) is 0 Å². The molecule has 0 amide bonds. The lowest BCUT2D eigenvalue weighted by atomic mass is 9.89. The molecule has 0 bridgehead atoms. The highest BCUT2D eigenvalue weighted by Crippen LogP contribution is 2.23. The molecule has 2 nitrogen and oxygen atoms in total. The number of benzene rings is 1. The quantitative estimate of drug-likeness (QED) is 0.603. The van der Waals surface area contributed by atoms with Crippen LogP contribution in [-0.2, 0) is 6.42 Å². The Morgan fingerprint density at radius 2 is 1.94 bits per heavy atom. The Balaban J connectivity index is 2.80. The summed E-state index contributed by atoms with van der Waals surface area (Å²) in [4.78, 5) is 0. The van der Waals surface area contributed by atoms with E-state index in [-0.39, 0.29) is 0 Å². The van der Waals surface area contributed by atoms with Crippen LogP contribution in [0.25, 0.3) is 0 Å². The number of nitrogens with one attached hydrogen (secondary N) is 1.